The van der Waals surface area contributed by atoms with Crippen LogP contribution in [0.15, 0.2) is 53.8 Å². The van der Waals surface area contributed by atoms with Gasteiger partial charge in [-0.1, -0.05) is 18.2 Å². The number of hydrogen-bond acceptors (Lipinski definition) is 2. The zero-order chi connectivity index (χ0) is 16.9. The predicted octanol–water partition coefficient (Wildman–Crippen LogP) is 5.59. The van der Waals surface area contributed by atoms with Crippen molar-refractivity contribution in [3.05, 3.63) is 65.0 Å². The Labute approximate surface area is 133 Å². The number of hydrogen-bond donors (Lipinski definition) is 0. The molecule has 1 aliphatic carbocycles. The molecule has 1 aromatic carbocycles. The van der Waals surface area contributed by atoms with Gasteiger partial charge in [-0.15, -0.1) is 13.2 Å². The molecule has 0 aliphatic heterocycles. The Morgan fingerprint density at radius 3 is 2.61 bits per heavy atom. The van der Waals surface area contributed by atoms with E-state index in [1.807, 2.05) is 25.2 Å². The van der Waals surface area contributed by atoms with Gasteiger partial charge in [0.25, 0.3) is 0 Å². The molecular formula is C18H19F3O2. The Morgan fingerprint density at radius 2 is 1.91 bits per heavy atom. The lowest BCUT2D eigenvalue weighted by Crippen LogP contribution is -2.17. The Balaban J connectivity index is 2.03. The topological polar surface area (TPSA) is 18.5 Å². The van der Waals surface area contributed by atoms with Gasteiger partial charge in [0, 0.05) is 0 Å². The van der Waals surface area contributed by atoms with Gasteiger partial charge in [0.1, 0.15) is 18.1 Å². The van der Waals surface area contributed by atoms with Crippen LogP contribution in [0.3, 0.4) is 0 Å². The fourth-order valence-corrected chi connectivity index (χ4v) is 2.21. The number of ether oxygens (including phenoxy) is 2. The summed E-state index contributed by atoms with van der Waals surface area (Å²) in [5.41, 5.74) is 2.62. The summed E-state index contributed by atoms with van der Waals surface area (Å²) in [7, 11) is 0. The Hall–Kier alpha value is -2.17. The SMILES string of the molecule is CC1=C/C(OCc2ccc(OC(F)(F)F)cc2C)=C\CC\C=C\1. The summed E-state index contributed by atoms with van der Waals surface area (Å²) < 4.78 is 46.3. The molecule has 0 N–H and O–H groups in total. The molecule has 0 fully saturated rings. The number of allylic oxidation sites excluding steroid dienone is 5. The minimum absolute atomic E-state index is 0.218. The van der Waals surface area contributed by atoms with Crippen LogP contribution in [-0.2, 0) is 11.3 Å². The molecule has 0 heterocycles. The van der Waals surface area contributed by atoms with Crippen molar-refractivity contribution >= 4 is 0 Å². The average molecular weight is 324 g/mol. The molecule has 0 aromatic heterocycles. The molecular weight excluding hydrogens is 305 g/mol. The zero-order valence-electron chi connectivity index (χ0n) is 13.1. The number of alkyl halides is 3. The quantitative estimate of drug-likeness (QED) is 0.718. The van der Waals surface area contributed by atoms with E-state index in [9.17, 15) is 13.2 Å². The molecule has 1 aliphatic rings. The fourth-order valence-electron chi connectivity index (χ4n) is 2.21. The number of rotatable bonds is 4. The monoisotopic (exact) mass is 324 g/mol. The van der Waals surface area contributed by atoms with Gasteiger partial charge in [-0.3, -0.25) is 0 Å². The Kier molecular flexibility index (Phi) is 5.53. The summed E-state index contributed by atoms with van der Waals surface area (Å²) in [6, 6.07) is 4.26. The van der Waals surface area contributed by atoms with Crippen LogP contribution in [0.2, 0.25) is 0 Å². The first-order valence-corrected chi connectivity index (χ1v) is 7.36. The maximum Gasteiger partial charge on any atom is 0.573 e. The summed E-state index contributed by atoms with van der Waals surface area (Å²) in [5.74, 6) is 0.562. The van der Waals surface area contributed by atoms with Gasteiger partial charge in [0.15, 0.2) is 0 Å². The highest BCUT2D eigenvalue weighted by atomic mass is 19.4. The van der Waals surface area contributed by atoms with Crippen molar-refractivity contribution in [3.8, 4) is 5.75 Å². The first-order valence-electron chi connectivity index (χ1n) is 7.36. The van der Waals surface area contributed by atoms with Crippen LogP contribution in [0.1, 0.15) is 30.9 Å². The van der Waals surface area contributed by atoms with Crippen molar-refractivity contribution in [1.82, 2.24) is 0 Å². The molecule has 5 heteroatoms. The molecule has 1 aromatic rings. The Morgan fingerprint density at radius 1 is 1.13 bits per heavy atom. The number of aryl methyl sites for hydroxylation is 1. The fraction of sp³-hybridized carbons (Fsp3) is 0.333. The van der Waals surface area contributed by atoms with Gasteiger partial charge in [0.05, 0.1) is 0 Å². The van der Waals surface area contributed by atoms with E-state index in [0.29, 0.717) is 12.2 Å². The van der Waals surface area contributed by atoms with Crippen LogP contribution in [0.5, 0.6) is 5.75 Å². The number of halogens is 3. The van der Waals surface area contributed by atoms with Crippen molar-refractivity contribution in [1.29, 1.82) is 0 Å². The van der Waals surface area contributed by atoms with Gasteiger partial charge in [0.2, 0.25) is 0 Å². The summed E-state index contributed by atoms with van der Waals surface area (Å²) in [6.07, 6.45) is 5.31. The molecule has 0 amide bonds. The Bertz CT molecular complexity index is 640. The highest BCUT2D eigenvalue weighted by Crippen LogP contribution is 2.25. The van der Waals surface area contributed by atoms with Crippen molar-refractivity contribution in [3.63, 3.8) is 0 Å². The van der Waals surface area contributed by atoms with Crippen molar-refractivity contribution in [2.75, 3.05) is 0 Å². The molecule has 124 valence electrons. The van der Waals surface area contributed by atoms with E-state index in [4.69, 9.17) is 4.74 Å². The standard InChI is InChI=1S/C18H19F3O2/c1-13-6-4-3-5-7-16(10-13)22-12-15-8-9-17(11-14(15)2)23-18(19,20)21/h4,6-11H,3,5,12H2,1-2H3/b6-4+,13-10-,16-7+. The van der Waals surface area contributed by atoms with Crippen LogP contribution in [0.25, 0.3) is 0 Å². The molecule has 0 bridgehead atoms. The molecule has 0 spiro atoms. The van der Waals surface area contributed by atoms with Crippen LogP contribution in [0.4, 0.5) is 13.2 Å². The van der Waals surface area contributed by atoms with E-state index in [2.05, 4.69) is 10.8 Å². The molecule has 0 saturated carbocycles. The van der Waals surface area contributed by atoms with Gasteiger partial charge in [-0.05, 0) is 67.7 Å². The highest BCUT2D eigenvalue weighted by Gasteiger charge is 2.31. The molecule has 2 rings (SSSR count). The van der Waals surface area contributed by atoms with Crippen LogP contribution < -0.4 is 4.74 Å². The molecule has 0 radical (unpaired) electrons. The molecule has 2 nitrogen and oxygen atoms in total. The molecule has 0 unspecified atom stereocenters. The first-order chi connectivity index (χ1) is 10.8. The van der Waals surface area contributed by atoms with Crippen LogP contribution in [-0.4, -0.2) is 6.36 Å². The average Bonchev–Trinajstić information content (AvgIpc) is 2.41. The van der Waals surface area contributed by atoms with E-state index < -0.39 is 6.36 Å². The van der Waals surface area contributed by atoms with Crippen molar-refractivity contribution in [2.45, 2.75) is 39.7 Å². The van der Waals surface area contributed by atoms with Gasteiger partial charge >= 0.3 is 6.36 Å². The minimum atomic E-state index is -4.68. The summed E-state index contributed by atoms with van der Waals surface area (Å²) >= 11 is 0. The van der Waals surface area contributed by atoms with E-state index >= 15 is 0 Å². The summed E-state index contributed by atoms with van der Waals surface area (Å²) in [4.78, 5) is 0. The molecule has 0 saturated heterocycles. The van der Waals surface area contributed by atoms with E-state index in [1.165, 1.54) is 12.1 Å². The maximum atomic E-state index is 12.2. The minimum Gasteiger partial charge on any atom is -0.489 e. The maximum absolute atomic E-state index is 12.2. The summed E-state index contributed by atoms with van der Waals surface area (Å²) in [5, 5.41) is 0. The van der Waals surface area contributed by atoms with Crippen molar-refractivity contribution in [2.24, 2.45) is 0 Å². The first kappa shape index (κ1) is 17.2. The summed E-state index contributed by atoms with van der Waals surface area (Å²) in [6.45, 7) is 4.03. The normalized spacial score (nSPS) is 21.3. The smallest absolute Gasteiger partial charge is 0.489 e. The van der Waals surface area contributed by atoms with Crippen LogP contribution >= 0.6 is 0 Å². The third-order valence-corrected chi connectivity index (χ3v) is 3.37. The van der Waals surface area contributed by atoms with E-state index in [0.717, 1.165) is 29.7 Å². The number of benzene rings is 1. The highest BCUT2D eigenvalue weighted by molar-refractivity contribution is 5.35. The zero-order valence-corrected chi connectivity index (χ0v) is 13.1. The molecule has 0 atom stereocenters. The van der Waals surface area contributed by atoms with Crippen LogP contribution in [0, 0.1) is 6.92 Å². The van der Waals surface area contributed by atoms with Gasteiger partial charge < -0.3 is 9.47 Å². The predicted molar refractivity (Wildman–Crippen MR) is 82.9 cm³/mol. The molecule has 23 heavy (non-hydrogen) atoms. The third kappa shape index (κ3) is 5.85. The third-order valence-electron chi connectivity index (χ3n) is 3.37. The van der Waals surface area contributed by atoms with E-state index in [1.54, 1.807) is 13.0 Å². The second-order valence-electron chi connectivity index (χ2n) is 5.40. The second kappa shape index (κ2) is 7.40. The van der Waals surface area contributed by atoms with Gasteiger partial charge in [-0.25, -0.2) is 0 Å². The lowest BCUT2D eigenvalue weighted by molar-refractivity contribution is -0.274. The van der Waals surface area contributed by atoms with Crippen molar-refractivity contribution < 1.29 is 22.6 Å². The lowest BCUT2D eigenvalue weighted by atomic mass is 10.1. The lowest BCUT2D eigenvalue weighted by Gasteiger charge is -2.13. The van der Waals surface area contributed by atoms with E-state index in [-0.39, 0.29) is 5.75 Å². The second-order valence-corrected chi connectivity index (χ2v) is 5.40. The largest absolute Gasteiger partial charge is 0.573 e. The van der Waals surface area contributed by atoms with Gasteiger partial charge in [-0.2, -0.15) is 0 Å².